The van der Waals surface area contributed by atoms with Gasteiger partial charge >= 0.3 is 0 Å². The minimum atomic E-state index is -0.414. The molecule has 0 radical (unpaired) electrons. The van der Waals surface area contributed by atoms with Gasteiger partial charge in [-0.1, -0.05) is 0 Å². The molecule has 5 heteroatoms. The Balaban J connectivity index is 1.36. The van der Waals surface area contributed by atoms with Gasteiger partial charge < -0.3 is 24.8 Å². The van der Waals surface area contributed by atoms with Crippen molar-refractivity contribution in [3.05, 3.63) is 0 Å². The van der Waals surface area contributed by atoms with E-state index in [1.165, 1.54) is 32.5 Å². The first-order valence-corrected chi connectivity index (χ1v) is 8.15. The normalized spacial score (nSPS) is 25.4. The van der Waals surface area contributed by atoms with E-state index in [1.54, 1.807) is 0 Å². The minimum Gasteiger partial charge on any atom is -0.389 e. The van der Waals surface area contributed by atoms with Gasteiger partial charge in [-0.2, -0.15) is 0 Å². The molecule has 0 aliphatic carbocycles. The number of likely N-dealkylation sites (tertiary alicyclic amines) is 1. The topological polar surface area (TPSA) is 54.0 Å². The van der Waals surface area contributed by atoms with Gasteiger partial charge in [-0.15, -0.1) is 0 Å². The molecule has 2 N–H and O–H groups in total. The summed E-state index contributed by atoms with van der Waals surface area (Å²) < 4.78 is 11.0. The number of ether oxygens (including phenoxy) is 2. The number of aliphatic hydroxyl groups is 1. The molecular formula is C15H30N2O3. The second-order valence-electron chi connectivity index (χ2n) is 5.93. The summed E-state index contributed by atoms with van der Waals surface area (Å²) in [6, 6.07) is 0. The first-order chi connectivity index (χ1) is 9.84. The molecule has 2 aliphatic rings. The molecule has 0 bridgehead atoms. The molecule has 2 fully saturated rings. The first kappa shape index (κ1) is 16.2. The molecule has 5 nitrogen and oxygen atoms in total. The van der Waals surface area contributed by atoms with E-state index in [1.807, 2.05) is 0 Å². The molecule has 2 unspecified atom stereocenters. The summed E-state index contributed by atoms with van der Waals surface area (Å²) in [6.45, 7) is 7.17. The van der Waals surface area contributed by atoms with Gasteiger partial charge in [0.15, 0.2) is 0 Å². The Kier molecular flexibility index (Phi) is 7.83. The molecule has 0 aromatic heterocycles. The largest absolute Gasteiger partial charge is 0.389 e. The molecule has 0 spiro atoms. The third-order valence-corrected chi connectivity index (χ3v) is 4.04. The number of nitrogens with one attached hydrogen (secondary N) is 1. The molecule has 2 atom stereocenters. The summed E-state index contributed by atoms with van der Waals surface area (Å²) in [7, 11) is 0. The van der Waals surface area contributed by atoms with Crippen LogP contribution in [0.3, 0.4) is 0 Å². The summed E-state index contributed by atoms with van der Waals surface area (Å²) in [5, 5.41) is 13.1. The summed E-state index contributed by atoms with van der Waals surface area (Å²) >= 11 is 0. The van der Waals surface area contributed by atoms with Gasteiger partial charge in [0.1, 0.15) is 0 Å². The molecule has 0 aromatic carbocycles. The van der Waals surface area contributed by atoms with E-state index in [-0.39, 0.29) is 6.10 Å². The highest BCUT2D eigenvalue weighted by atomic mass is 16.5. The average molecular weight is 286 g/mol. The number of nitrogens with zero attached hydrogens (tertiary/aromatic N) is 1. The van der Waals surface area contributed by atoms with E-state index in [0.29, 0.717) is 19.8 Å². The van der Waals surface area contributed by atoms with Crippen molar-refractivity contribution in [2.24, 2.45) is 0 Å². The van der Waals surface area contributed by atoms with Crippen molar-refractivity contribution in [3.63, 3.8) is 0 Å². The van der Waals surface area contributed by atoms with E-state index in [2.05, 4.69) is 10.2 Å². The number of hydrogen-bond donors (Lipinski definition) is 2. The van der Waals surface area contributed by atoms with E-state index < -0.39 is 6.10 Å². The Morgan fingerprint density at radius 1 is 1.30 bits per heavy atom. The van der Waals surface area contributed by atoms with Crippen LogP contribution in [0.5, 0.6) is 0 Å². The third kappa shape index (κ3) is 6.50. The van der Waals surface area contributed by atoms with Crippen molar-refractivity contribution >= 4 is 0 Å². The second-order valence-corrected chi connectivity index (χ2v) is 5.93. The highest BCUT2D eigenvalue weighted by Crippen LogP contribution is 2.11. The molecule has 0 aromatic rings. The Morgan fingerprint density at radius 2 is 2.15 bits per heavy atom. The van der Waals surface area contributed by atoms with Crippen molar-refractivity contribution in [2.45, 2.75) is 44.3 Å². The fraction of sp³-hybridized carbons (Fsp3) is 1.00. The Morgan fingerprint density at radius 3 is 2.90 bits per heavy atom. The van der Waals surface area contributed by atoms with Crippen LogP contribution in [0.1, 0.15) is 32.1 Å². The summed E-state index contributed by atoms with van der Waals surface area (Å²) in [4.78, 5) is 2.52. The predicted octanol–water partition coefficient (Wildman–Crippen LogP) is 0.618. The van der Waals surface area contributed by atoms with Gasteiger partial charge in [-0.25, -0.2) is 0 Å². The van der Waals surface area contributed by atoms with E-state index in [9.17, 15) is 5.11 Å². The number of aliphatic hydroxyl groups excluding tert-OH is 1. The zero-order chi connectivity index (χ0) is 14.0. The van der Waals surface area contributed by atoms with E-state index >= 15 is 0 Å². The second kappa shape index (κ2) is 9.68. The lowest BCUT2D eigenvalue weighted by Gasteiger charge is -2.16. The van der Waals surface area contributed by atoms with Crippen LogP contribution in [0.25, 0.3) is 0 Å². The molecule has 2 heterocycles. The Labute approximate surface area is 122 Å². The van der Waals surface area contributed by atoms with Gasteiger partial charge in [0.2, 0.25) is 0 Å². The maximum Gasteiger partial charge on any atom is 0.0897 e. The van der Waals surface area contributed by atoms with Crippen molar-refractivity contribution < 1.29 is 14.6 Å². The molecule has 0 amide bonds. The van der Waals surface area contributed by atoms with Crippen LogP contribution in [-0.2, 0) is 9.47 Å². The summed E-state index contributed by atoms with van der Waals surface area (Å²) in [5.41, 5.74) is 0. The van der Waals surface area contributed by atoms with Gasteiger partial charge in [-0.05, 0) is 58.3 Å². The minimum absolute atomic E-state index is 0.246. The van der Waals surface area contributed by atoms with Crippen LogP contribution in [0.15, 0.2) is 0 Å². The SMILES string of the molecule is OC(CNCCCN1CCCC1)COCC1CCCO1. The van der Waals surface area contributed by atoms with Crippen LogP contribution < -0.4 is 5.32 Å². The van der Waals surface area contributed by atoms with Crippen LogP contribution >= 0.6 is 0 Å². The quantitative estimate of drug-likeness (QED) is 0.577. The van der Waals surface area contributed by atoms with Crippen molar-refractivity contribution in [1.82, 2.24) is 10.2 Å². The van der Waals surface area contributed by atoms with Crippen molar-refractivity contribution in [1.29, 1.82) is 0 Å². The lowest BCUT2D eigenvalue weighted by atomic mass is 10.2. The smallest absolute Gasteiger partial charge is 0.0897 e. The van der Waals surface area contributed by atoms with Crippen LogP contribution in [0.4, 0.5) is 0 Å². The molecule has 20 heavy (non-hydrogen) atoms. The zero-order valence-corrected chi connectivity index (χ0v) is 12.6. The summed E-state index contributed by atoms with van der Waals surface area (Å²) in [6.07, 6.45) is 5.92. The fourth-order valence-corrected chi connectivity index (χ4v) is 2.87. The molecular weight excluding hydrogens is 256 g/mol. The highest BCUT2D eigenvalue weighted by molar-refractivity contribution is 4.67. The van der Waals surface area contributed by atoms with Crippen molar-refractivity contribution in [2.75, 3.05) is 52.5 Å². The average Bonchev–Trinajstić information content (AvgIpc) is 3.11. The Bertz CT molecular complexity index is 241. The lowest BCUT2D eigenvalue weighted by molar-refractivity contribution is -0.0164. The van der Waals surface area contributed by atoms with Crippen LogP contribution in [-0.4, -0.2) is 74.8 Å². The predicted molar refractivity (Wildman–Crippen MR) is 79.0 cm³/mol. The molecule has 0 saturated carbocycles. The van der Waals surface area contributed by atoms with Crippen LogP contribution in [0.2, 0.25) is 0 Å². The maximum atomic E-state index is 9.80. The van der Waals surface area contributed by atoms with E-state index in [0.717, 1.165) is 32.4 Å². The molecule has 118 valence electrons. The fourth-order valence-electron chi connectivity index (χ4n) is 2.87. The van der Waals surface area contributed by atoms with Gasteiger partial charge in [-0.3, -0.25) is 0 Å². The molecule has 2 saturated heterocycles. The van der Waals surface area contributed by atoms with E-state index in [4.69, 9.17) is 9.47 Å². The number of hydrogen-bond acceptors (Lipinski definition) is 5. The van der Waals surface area contributed by atoms with Gasteiger partial charge in [0.05, 0.1) is 25.4 Å². The monoisotopic (exact) mass is 286 g/mol. The maximum absolute atomic E-state index is 9.80. The number of rotatable bonds is 10. The van der Waals surface area contributed by atoms with Crippen LogP contribution in [0, 0.1) is 0 Å². The molecule has 2 rings (SSSR count). The zero-order valence-electron chi connectivity index (χ0n) is 12.6. The summed E-state index contributed by atoms with van der Waals surface area (Å²) in [5.74, 6) is 0. The Hall–Kier alpha value is -0.200. The molecule has 2 aliphatic heterocycles. The first-order valence-electron chi connectivity index (χ1n) is 8.15. The highest BCUT2D eigenvalue weighted by Gasteiger charge is 2.16. The van der Waals surface area contributed by atoms with Crippen molar-refractivity contribution in [3.8, 4) is 0 Å². The van der Waals surface area contributed by atoms with Gasteiger partial charge in [0.25, 0.3) is 0 Å². The lowest BCUT2D eigenvalue weighted by Crippen LogP contribution is -2.33. The standard InChI is InChI=1S/C15H30N2O3/c18-14(12-19-13-15-5-3-10-20-15)11-16-6-4-9-17-7-1-2-8-17/h14-16,18H,1-13H2. The third-order valence-electron chi connectivity index (χ3n) is 4.04. The van der Waals surface area contributed by atoms with Gasteiger partial charge in [0, 0.05) is 13.2 Å².